The molecule has 0 bridgehead atoms. The van der Waals surface area contributed by atoms with Crippen molar-refractivity contribution in [1.82, 2.24) is 0 Å². The summed E-state index contributed by atoms with van der Waals surface area (Å²) in [6.45, 7) is 0. The highest BCUT2D eigenvalue weighted by Gasteiger charge is 2.57. The summed E-state index contributed by atoms with van der Waals surface area (Å²) < 4.78 is 0.119. The average molecular weight is 625 g/mol. The zero-order valence-electron chi connectivity index (χ0n) is 21.8. The molecule has 0 spiro atoms. The molecule has 9 nitrogen and oxygen atoms in total. The van der Waals surface area contributed by atoms with Crippen molar-refractivity contribution in [3.8, 4) is 5.75 Å². The molecule has 208 valence electrons. The highest BCUT2D eigenvalue weighted by molar-refractivity contribution is 9.12. The van der Waals surface area contributed by atoms with E-state index >= 15 is 0 Å². The van der Waals surface area contributed by atoms with Crippen molar-refractivity contribution in [2.75, 3.05) is 4.90 Å². The van der Waals surface area contributed by atoms with Crippen LogP contribution in [0.5, 0.6) is 5.75 Å². The molecule has 0 unspecified atom stereocenters. The summed E-state index contributed by atoms with van der Waals surface area (Å²) in [4.78, 5) is 66.3. The number of nitrogens with zero attached hydrogens (tertiary/aromatic N) is 2. The second-order valence-electron chi connectivity index (χ2n) is 10.9. The minimum Gasteiger partial charge on any atom is -0.508 e. The zero-order valence-corrected chi connectivity index (χ0v) is 23.4. The number of allylic oxidation sites excluding steroid dienone is 6. The van der Waals surface area contributed by atoms with Gasteiger partial charge >= 0.3 is 0 Å². The Hall–Kier alpha value is -4.70. The molecule has 2 amide bonds. The molecule has 3 aromatic carbocycles. The molecule has 10 heteroatoms. The van der Waals surface area contributed by atoms with Crippen LogP contribution < -0.4 is 4.90 Å². The second-order valence-corrected chi connectivity index (χ2v) is 11.8. The van der Waals surface area contributed by atoms with E-state index in [1.54, 1.807) is 12.1 Å². The van der Waals surface area contributed by atoms with Gasteiger partial charge in [-0.15, -0.1) is 0 Å². The van der Waals surface area contributed by atoms with E-state index in [-0.39, 0.29) is 57.2 Å². The standard InChI is InChI=1S/C32H21BrN2O7/c33-23-14-25(37)28-22(30(23)38)13-21-19(29(28)27-18-4-2-1-3-15(18)5-12-24(27)36)10-11-20-26(21)32(40)34(31(20)39)16-6-8-17(9-7-16)35(41)42/h1-10,12,14,20-21,26,29,36H,11,13H2/t20-,21+,26-,29+/m0/s1. The van der Waals surface area contributed by atoms with Crippen LogP contribution in [-0.4, -0.2) is 33.4 Å². The first-order valence-corrected chi connectivity index (χ1v) is 14.2. The summed E-state index contributed by atoms with van der Waals surface area (Å²) in [5, 5.41) is 23.9. The fraction of sp³-hybridized carbons (Fsp3) is 0.188. The van der Waals surface area contributed by atoms with Gasteiger partial charge in [0.25, 0.3) is 5.69 Å². The number of phenolic OH excluding ortho intramolecular Hbond substituents is 1. The molecular weight excluding hydrogens is 604 g/mol. The van der Waals surface area contributed by atoms with Gasteiger partial charge in [0, 0.05) is 40.8 Å². The van der Waals surface area contributed by atoms with E-state index in [0.717, 1.165) is 15.9 Å². The molecule has 3 aliphatic carbocycles. The first-order chi connectivity index (χ1) is 20.2. The summed E-state index contributed by atoms with van der Waals surface area (Å²) in [7, 11) is 0. The Labute approximate surface area is 247 Å². The summed E-state index contributed by atoms with van der Waals surface area (Å²) in [5.74, 6) is -4.50. The number of carbonyl (C=O) groups excluding carboxylic acids is 4. The Morgan fingerprint density at radius 2 is 1.67 bits per heavy atom. The molecule has 4 atom stereocenters. The molecule has 1 heterocycles. The van der Waals surface area contributed by atoms with Crippen molar-refractivity contribution < 1.29 is 29.2 Å². The fourth-order valence-corrected chi connectivity index (χ4v) is 7.55. The van der Waals surface area contributed by atoms with Crippen LogP contribution in [-0.2, 0) is 19.2 Å². The molecule has 0 radical (unpaired) electrons. The molecule has 42 heavy (non-hydrogen) atoms. The quantitative estimate of drug-likeness (QED) is 0.135. The van der Waals surface area contributed by atoms with Gasteiger partial charge in [-0.3, -0.25) is 34.2 Å². The topological polar surface area (TPSA) is 135 Å². The lowest BCUT2D eigenvalue weighted by atomic mass is 9.59. The number of non-ortho nitro benzene ring substituents is 1. The molecule has 1 aliphatic heterocycles. The lowest BCUT2D eigenvalue weighted by molar-refractivity contribution is -0.384. The number of benzene rings is 3. The summed E-state index contributed by atoms with van der Waals surface area (Å²) >= 11 is 3.22. The Morgan fingerprint density at radius 1 is 0.929 bits per heavy atom. The normalized spacial score (nSPS) is 25.2. The van der Waals surface area contributed by atoms with Crippen LogP contribution in [0, 0.1) is 27.9 Å². The smallest absolute Gasteiger partial charge is 0.269 e. The number of nitro benzene ring substituents is 1. The number of amides is 2. The van der Waals surface area contributed by atoms with Crippen molar-refractivity contribution in [1.29, 1.82) is 0 Å². The van der Waals surface area contributed by atoms with Crippen molar-refractivity contribution in [3.05, 3.63) is 110 Å². The van der Waals surface area contributed by atoms with Crippen LogP contribution in [0.3, 0.4) is 0 Å². The minimum absolute atomic E-state index is 0.0376. The van der Waals surface area contributed by atoms with Gasteiger partial charge in [-0.25, -0.2) is 0 Å². The number of halogens is 1. The number of Topliss-reactive ketones (excluding diaryl/α,β-unsaturated/α-hetero) is 1. The molecule has 3 aromatic rings. The van der Waals surface area contributed by atoms with Crippen molar-refractivity contribution in [3.63, 3.8) is 0 Å². The molecular formula is C32H21BrN2O7. The number of ketones is 2. The lowest BCUT2D eigenvalue weighted by Gasteiger charge is -2.42. The average Bonchev–Trinajstić information content (AvgIpc) is 3.24. The number of carbonyl (C=O) groups is 4. The Balaban J connectivity index is 1.39. The number of hydrogen-bond donors (Lipinski definition) is 1. The van der Waals surface area contributed by atoms with Gasteiger partial charge in [-0.05, 0) is 63.7 Å². The van der Waals surface area contributed by atoms with E-state index in [4.69, 9.17) is 0 Å². The van der Waals surface area contributed by atoms with Gasteiger partial charge in [-0.1, -0.05) is 42.0 Å². The number of imide groups is 1. The van der Waals surface area contributed by atoms with Gasteiger partial charge in [0.2, 0.25) is 11.8 Å². The fourth-order valence-electron chi connectivity index (χ4n) is 7.10. The molecule has 4 aliphatic rings. The lowest BCUT2D eigenvalue weighted by Crippen LogP contribution is -2.39. The highest BCUT2D eigenvalue weighted by Crippen LogP contribution is 2.57. The van der Waals surface area contributed by atoms with Gasteiger partial charge in [0.1, 0.15) is 5.75 Å². The van der Waals surface area contributed by atoms with Crippen molar-refractivity contribution in [2.24, 2.45) is 17.8 Å². The number of fused-ring (bicyclic) bond motifs is 4. The summed E-state index contributed by atoms with van der Waals surface area (Å²) in [5.41, 5.74) is 1.82. The van der Waals surface area contributed by atoms with Crippen LogP contribution in [0.2, 0.25) is 0 Å². The maximum absolute atomic E-state index is 14.0. The number of anilines is 1. The molecule has 7 rings (SSSR count). The van der Waals surface area contributed by atoms with Crippen molar-refractivity contribution in [2.45, 2.75) is 18.8 Å². The van der Waals surface area contributed by atoms with Crippen LogP contribution in [0.4, 0.5) is 11.4 Å². The molecule has 1 N–H and O–H groups in total. The summed E-state index contributed by atoms with van der Waals surface area (Å²) in [6, 6.07) is 16.0. The van der Waals surface area contributed by atoms with Gasteiger partial charge in [0.05, 0.1) is 26.9 Å². The van der Waals surface area contributed by atoms with E-state index in [0.29, 0.717) is 10.9 Å². The number of nitro groups is 1. The van der Waals surface area contributed by atoms with E-state index in [1.807, 2.05) is 30.3 Å². The Morgan fingerprint density at radius 3 is 2.40 bits per heavy atom. The number of rotatable bonds is 3. The third-order valence-corrected chi connectivity index (χ3v) is 9.48. The predicted octanol–water partition coefficient (Wildman–Crippen LogP) is 5.42. The highest BCUT2D eigenvalue weighted by atomic mass is 79.9. The monoisotopic (exact) mass is 624 g/mol. The molecule has 1 saturated heterocycles. The van der Waals surface area contributed by atoms with E-state index in [1.165, 1.54) is 30.3 Å². The third kappa shape index (κ3) is 3.68. The number of phenols is 1. The van der Waals surface area contributed by atoms with E-state index < -0.39 is 40.4 Å². The second kappa shape index (κ2) is 9.42. The zero-order chi connectivity index (χ0) is 29.4. The van der Waals surface area contributed by atoms with Gasteiger partial charge in [0.15, 0.2) is 11.6 Å². The maximum atomic E-state index is 14.0. The SMILES string of the molecule is O=C1C=C(Br)C(=O)C2=C1[C@@H](c1c(O)ccc3ccccc13)C1=CC[C@@H]3C(=O)N(c4ccc([N+](=O)[O-])cc4)C(=O)[C@@H]3[C@@H]1C2. The van der Waals surface area contributed by atoms with Crippen LogP contribution >= 0.6 is 15.9 Å². The van der Waals surface area contributed by atoms with Crippen LogP contribution in [0.1, 0.15) is 24.3 Å². The molecule has 0 aromatic heterocycles. The van der Waals surface area contributed by atoms with E-state index in [9.17, 15) is 34.4 Å². The molecule has 0 saturated carbocycles. The molecule has 1 fully saturated rings. The van der Waals surface area contributed by atoms with E-state index in [2.05, 4.69) is 15.9 Å². The number of aromatic hydroxyl groups is 1. The third-order valence-electron chi connectivity index (χ3n) is 8.89. The predicted molar refractivity (Wildman–Crippen MR) is 156 cm³/mol. The Kier molecular flexibility index (Phi) is 5.88. The van der Waals surface area contributed by atoms with Crippen molar-refractivity contribution >= 4 is 61.5 Å². The van der Waals surface area contributed by atoms with Crippen LogP contribution in [0.15, 0.2) is 94.0 Å². The van der Waals surface area contributed by atoms with Gasteiger partial charge < -0.3 is 5.11 Å². The first kappa shape index (κ1) is 26.2. The maximum Gasteiger partial charge on any atom is 0.269 e. The van der Waals surface area contributed by atoms with Gasteiger partial charge in [-0.2, -0.15) is 0 Å². The minimum atomic E-state index is -0.811. The van der Waals surface area contributed by atoms with Crippen LogP contribution in [0.25, 0.3) is 10.8 Å². The largest absolute Gasteiger partial charge is 0.508 e. The summed E-state index contributed by atoms with van der Waals surface area (Å²) in [6.07, 6.45) is 3.46. The first-order valence-electron chi connectivity index (χ1n) is 13.4. The Bertz CT molecular complexity index is 1890. The number of hydrogen-bond acceptors (Lipinski definition) is 7.